The number of nitro benzene ring substituents is 1. The Kier molecular flexibility index (Phi) is 4.77. The molecular formula is C10H13N3O3S. The molecular weight excluding hydrogens is 242 g/mol. The fourth-order valence-corrected chi connectivity index (χ4v) is 1.52. The van der Waals surface area contributed by atoms with Crippen molar-refractivity contribution in [3.8, 4) is 0 Å². The molecule has 0 heterocycles. The average Bonchev–Trinajstić information content (AvgIpc) is 2.29. The molecule has 1 rings (SSSR count). The molecule has 0 aliphatic rings. The van der Waals surface area contributed by atoms with Crippen LogP contribution in [0.5, 0.6) is 0 Å². The van der Waals surface area contributed by atoms with Gasteiger partial charge in [-0.25, -0.2) is 0 Å². The first kappa shape index (κ1) is 13.3. The predicted octanol–water partition coefficient (Wildman–Crippen LogP) is 1.27. The second-order valence-electron chi connectivity index (χ2n) is 3.28. The minimum Gasteiger partial charge on any atom is -0.393 e. The first-order chi connectivity index (χ1) is 8.06. The fraction of sp³-hybridized carbons (Fsp3) is 0.300. The molecule has 6 nitrogen and oxygen atoms in total. The molecule has 3 N–H and O–H groups in total. The molecule has 0 unspecified atom stereocenters. The van der Waals surface area contributed by atoms with E-state index in [4.69, 9.17) is 5.73 Å². The van der Waals surface area contributed by atoms with E-state index >= 15 is 0 Å². The standard InChI is InChI=1S/C10H13N3O3S/c1-17-5-4-12-10(14)7-2-3-8(11)9(6-7)13(15)16/h2-3,6H,4-5,11H2,1H3,(H,12,14). The van der Waals surface area contributed by atoms with Gasteiger partial charge < -0.3 is 11.1 Å². The van der Waals surface area contributed by atoms with Crippen LogP contribution in [0.1, 0.15) is 10.4 Å². The van der Waals surface area contributed by atoms with Gasteiger partial charge in [0.15, 0.2) is 0 Å². The van der Waals surface area contributed by atoms with Crippen LogP contribution in [0.3, 0.4) is 0 Å². The van der Waals surface area contributed by atoms with E-state index in [1.54, 1.807) is 11.8 Å². The van der Waals surface area contributed by atoms with Crippen molar-refractivity contribution in [1.82, 2.24) is 5.32 Å². The Labute approximate surface area is 103 Å². The van der Waals surface area contributed by atoms with Gasteiger partial charge in [-0.15, -0.1) is 0 Å². The number of nitrogens with zero attached hydrogens (tertiary/aromatic N) is 1. The van der Waals surface area contributed by atoms with Gasteiger partial charge in [0.2, 0.25) is 0 Å². The summed E-state index contributed by atoms with van der Waals surface area (Å²) in [6, 6.07) is 4.02. The van der Waals surface area contributed by atoms with E-state index < -0.39 is 4.92 Å². The molecule has 0 spiro atoms. The zero-order chi connectivity index (χ0) is 12.8. The van der Waals surface area contributed by atoms with Crippen molar-refractivity contribution < 1.29 is 9.72 Å². The third kappa shape index (κ3) is 3.63. The van der Waals surface area contributed by atoms with Crippen LogP contribution in [0.25, 0.3) is 0 Å². The van der Waals surface area contributed by atoms with Crippen molar-refractivity contribution in [2.45, 2.75) is 0 Å². The zero-order valence-corrected chi connectivity index (χ0v) is 10.1. The molecule has 7 heteroatoms. The molecule has 0 bridgehead atoms. The molecule has 1 aromatic rings. The van der Waals surface area contributed by atoms with Gasteiger partial charge in [0, 0.05) is 23.9 Å². The topological polar surface area (TPSA) is 98.3 Å². The number of hydrogen-bond acceptors (Lipinski definition) is 5. The monoisotopic (exact) mass is 255 g/mol. The number of hydrogen-bond donors (Lipinski definition) is 2. The molecule has 92 valence electrons. The SMILES string of the molecule is CSCCNC(=O)c1ccc(N)c([N+](=O)[O-])c1. The molecule has 0 aromatic heterocycles. The first-order valence-electron chi connectivity index (χ1n) is 4.87. The van der Waals surface area contributed by atoms with Crippen LogP contribution in [-0.4, -0.2) is 29.4 Å². The van der Waals surface area contributed by atoms with Crippen molar-refractivity contribution in [2.24, 2.45) is 0 Å². The maximum Gasteiger partial charge on any atom is 0.292 e. The quantitative estimate of drug-likeness (QED) is 0.357. The Bertz CT molecular complexity index is 437. The van der Waals surface area contributed by atoms with E-state index in [0.29, 0.717) is 6.54 Å². The summed E-state index contributed by atoms with van der Waals surface area (Å²) in [5.74, 6) is 0.463. The highest BCUT2D eigenvalue weighted by Crippen LogP contribution is 2.22. The zero-order valence-electron chi connectivity index (χ0n) is 9.30. The van der Waals surface area contributed by atoms with Gasteiger partial charge in [-0.05, 0) is 18.4 Å². The molecule has 0 aliphatic heterocycles. The second kappa shape index (κ2) is 6.09. The van der Waals surface area contributed by atoms with E-state index in [2.05, 4.69) is 5.32 Å². The highest BCUT2D eigenvalue weighted by molar-refractivity contribution is 7.98. The van der Waals surface area contributed by atoms with Gasteiger partial charge in [-0.2, -0.15) is 11.8 Å². The maximum absolute atomic E-state index is 11.6. The maximum atomic E-state index is 11.6. The second-order valence-corrected chi connectivity index (χ2v) is 4.27. The average molecular weight is 255 g/mol. The number of nitro groups is 1. The molecule has 0 aliphatic carbocycles. The Hall–Kier alpha value is -1.76. The number of carbonyl (C=O) groups excluding carboxylic acids is 1. The van der Waals surface area contributed by atoms with Crippen LogP contribution in [-0.2, 0) is 0 Å². The van der Waals surface area contributed by atoms with Gasteiger partial charge in [0.25, 0.3) is 11.6 Å². The number of carbonyl (C=O) groups is 1. The summed E-state index contributed by atoms with van der Waals surface area (Å²) in [6.07, 6.45) is 1.93. The minimum atomic E-state index is -0.603. The molecule has 17 heavy (non-hydrogen) atoms. The first-order valence-corrected chi connectivity index (χ1v) is 6.26. The van der Waals surface area contributed by atoms with Gasteiger partial charge in [0.05, 0.1) is 4.92 Å². The minimum absolute atomic E-state index is 0.0515. The highest BCUT2D eigenvalue weighted by Gasteiger charge is 2.15. The van der Waals surface area contributed by atoms with E-state index in [9.17, 15) is 14.9 Å². The third-order valence-electron chi connectivity index (χ3n) is 2.08. The lowest BCUT2D eigenvalue weighted by Crippen LogP contribution is -2.25. The van der Waals surface area contributed by atoms with E-state index in [0.717, 1.165) is 5.75 Å². The van der Waals surface area contributed by atoms with Crippen LogP contribution in [0.2, 0.25) is 0 Å². The van der Waals surface area contributed by atoms with Crippen molar-refractivity contribution in [2.75, 3.05) is 24.3 Å². The summed E-state index contributed by atoms with van der Waals surface area (Å²) >= 11 is 1.61. The van der Waals surface area contributed by atoms with Gasteiger partial charge in [-0.1, -0.05) is 0 Å². The lowest BCUT2D eigenvalue weighted by atomic mass is 10.1. The van der Waals surface area contributed by atoms with Gasteiger partial charge in [0.1, 0.15) is 5.69 Å². The molecule has 0 saturated carbocycles. The summed E-state index contributed by atoms with van der Waals surface area (Å²) in [5.41, 5.74) is 5.48. The van der Waals surface area contributed by atoms with Crippen molar-refractivity contribution in [3.05, 3.63) is 33.9 Å². The molecule has 1 amide bonds. The molecule has 0 fully saturated rings. The Morgan fingerprint density at radius 2 is 2.29 bits per heavy atom. The number of thioether (sulfide) groups is 1. The Morgan fingerprint density at radius 3 is 2.88 bits per heavy atom. The van der Waals surface area contributed by atoms with Crippen molar-refractivity contribution >= 4 is 29.0 Å². The summed E-state index contributed by atoms with van der Waals surface area (Å²) in [7, 11) is 0. The fourth-order valence-electron chi connectivity index (χ4n) is 1.21. The molecule has 1 aromatic carbocycles. The summed E-state index contributed by atoms with van der Waals surface area (Å²) in [6.45, 7) is 0.526. The van der Waals surface area contributed by atoms with E-state index in [-0.39, 0.29) is 22.8 Å². The van der Waals surface area contributed by atoms with Gasteiger partial charge >= 0.3 is 0 Å². The summed E-state index contributed by atoms with van der Waals surface area (Å²) in [4.78, 5) is 21.7. The molecule has 0 atom stereocenters. The number of amides is 1. The molecule has 0 saturated heterocycles. The van der Waals surface area contributed by atoms with Crippen molar-refractivity contribution in [1.29, 1.82) is 0 Å². The van der Waals surface area contributed by atoms with Crippen LogP contribution >= 0.6 is 11.8 Å². The number of nitrogens with one attached hydrogen (secondary N) is 1. The number of anilines is 1. The third-order valence-corrected chi connectivity index (χ3v) is 2.69. The number of nitrogens with two attached hydrogens (primary N) is 1. The number of rotatable bonds is 5. The van der Waals surface area contributed by atoms with Gasteiger partial charge in [-0.3, -0.25) is 14.9 Å². The van der Waals surface area contributed by atoms with E-state index in [1.807, 2.05) is 6.26 Å². The lowest BCUT2D eigenvalue weighted by Gasteiger charge is -2.04. The smallest absolute Gasteiger partial charge is 0.292 e. The van der Waals surface area contributed by atoms with E-state index in [1.165, 1.54) is 18.2 Å². The van der Waals surface area contributed by atoms with Crippen LogP contribution in [0, 0.1) is 10.1 Å². The van der Waals surface area contributed by atoms with Crippen LogP contribution in [0.4, 0.5) is 11.4 Å². The number of nitrogen functional groups attached to an aromatic ring is 1. The normalized spacial score (nSPS) is 9.94. The van der Waals surface area contributed by atoms with Crippen LogP contribution < -0.4 is 11.1 Å². The highest BCUT2D eigenvalue weighted by atomic mass is 32.2. The summed E-state index contributed by atoms with van der Waals surface area (Å²) < 4.78 is 0. The Morgan fingerprint density at radius 1 is 1.59 bits per heavy atom. The van der Waals surface area contributed by atoms with Crippen LogP contribution in [0.15, 0.2) is 18.2 Å². The molecule has 0 radical (unpaired) electrons. The predicted molar refractivity (Wildman–Crippen MR) is 68.2 cm³/mol. The Balaban J connectivity index is 2.81. The largest absolute Gasteiger partial charge is 0.393 e. The van der Waals surface area contributed by atoms with Crippen molar-refractivity contribution in [3.63, 3.8) is 0 Å². The number of benzene rings is 1. The summed E-state index contributed by atoms with van der Waals surface area (Å²) in [5, 5.41) is 13.3. The lowest BCUT2D eigenvalue weighted by molar-refractivity contribution is -0.383.